The highest BCUT2D eigenvalue weighted by molar-refractivity contribution is 5.47. The van der Waals surface area contributed by atoms with Gasteiger partial charge < -0.3 is 14.2 Å². The number of hydrogen-bond donors (Lipinski definition) is 1. The van der Waals surface area contributed by atoms with Crippen LogP contribution in [0, 0.1) is 11.7 Å². The quantitative estimate of drug-likeness (QED) is 0.658. The number of hydrogen-bond acceptors (Lipinski definition) is 5. The number of anilines is 1. The summed E-state index contributed by atoms with van der Waals surface area (Å²) >= 11 is 0. The number of nitrogens with zero attached hydrogens (tertiary/aromatic N) is 5. The second kappa shape index (κ2) is 8.73. The Hall–Kier alpha value is -2.74. The van der Waals surface area contributed by atoms with E-state index in [-0.39, 0.29) is 11.9 Å². The zero-order chi connectivity index (χ0) is 20.2. The number of aromatic nitrogens is 4. The van der Waals surface area contributed by atoms with E-state index in [4.69, 9.17) is 4.42 Å². The van der Waals surface area contributed by atoms with Gasteiger partial charge in [0.1, 0.15) is 24.2 Å². The molecule has 0 unspecified atom stereocenters. The van der Waals surface area contributed by atoms with Gasteiger partial charge in [-0.15, -0.1) is 5.10 Å². The van der Waals surface area contributed by atoms with Crippen molar-refractivity contribution in [3.8, 4) is 0 Å². The lowest BCUT2D eigenvalue weighted by atomic mass is 10.0. The molecule has 1 aliphatic rings. The van der Waals surface area contributed by atoms with Gasteiger partial charge in [0.25, 0.3) is 0 Å². The van der Waals surface area contributed by atoms with Crippen molar-refractivity contribution in [1.29, 1.82) is 0 Å². The topological polar surface area (TPSA) is 64.4 Å². The lowest BCUT2D eigenvalue weighted by Gasteiger charge is -2.37. The minimum atomic E-state index is -0.155. The third-order valence-corrected chi connectivity index (χ3v) is 5.56. The summed E-state index contributed by atoms with van der Waals surface area (Å²) in [5.41, 5.74) is 0.689. The second-order valence-corrected chi connectivity index (χ2v) is 8.05. The summed E-state index contributed by atoms with van der Waals surface area (Å²) in [6.45, 7) is 8.43. The van der Waals surface area contributed by atoms with Crippen molar-refractivity contribution in [2.45, 2.75) is 32.9 Å². The summed E-state index contributed by atoms with van der Waals surface area (Å²) < 4.78 is 21.5. The fraction of sp³-hybridized carbons (Fsp3) is 0.476. The molecule has 29 heavy (non-hydrogen) atoms. The number of piperazine rings is 1. The van der Waals surface area contributed by atoms with Gasteiger partial charge in [-0.3, -0.25) is 0 Å². The number of nitrogens with one attached hydrogen (secondary N) is 1. The van der Waals surface area contributed by atoms with Crippen molar-refractivity contribution in [2.24, 2.45) is 5.92 Å². The SMILES string of the molecule is CC(C)C[C@H](c1nnnn1Cc1ccco1)[NH+]1CCN(c2ccccc2F)CC1. The molecular weight excluding hydrogens is 371 g/mol. The first-order chi connectivity index (χ1) is 14.1. The van der Waals surface area contributed by atoms with Crippen LogP contribution < -0.4 is 9.80 Å². The molecule has 1 aliphatic heterocycles. The lowest BCUT2D eigenvalue weighted by Crippen LogP contribution is -3.15. The van der Waals surface area contributed by atoms with Crippen LogP contribution in [0.15, 0.2) is 47.1 Å². The molecule has 0 saturated carbocycles. The van der Waals surface area contributed by atoms with Crippen LogP contribution in [0.2, 0.25) is 0 Å². The molecule has 1 saturated heterocycles. The van der Waals surface area contributed by atoms with Gasteiger partial charge in [0.15, 0.2) is 0 Å². The van der Waals surface area contributed by atoms with Crippen LogP contribution in [0.1, 0.15) is 37.9 Å². The van der Waals surface area contributed by atoms with Crippen LogP contribution in [-0.2, 0) is 6.54 Å². The first kappa shape index (κ1) is 19.6. The average molecular weight is 399 g/mol. The van der Waals surface area contributed by atoms with Crippen LogP contribution in [0.3, 0.4) is 0 Å². The van der Waals surface area contributed by atoms with Gasteiger partial charge in [0.2, 0.25) is 5.82 Å². The van der Waals surface area contributed by atoms with E-state index >= 15 is 0 Å². The Morgan fingerprint density at radius 2 is 1.93 bits per heavy atom. The molecule has 0 bridgehead atoms. The van der Waals surface area contributed by atoms with Gasteiger partial charge in [-0.1, -0.05) is 26.0 Å². The van der Waals surface area contributed by atoms with Gasteiger partial charge in [0.05, 0.1) is 38.1 Å². The third kappa shape index (κ3) is 4.48. The zero-order valence-corrected chi connectivity index (χ0v) is 17.0. The molecule has 1 fully saturated rings. The van der Waals surface area contributed by atoms with Crippen molar-refractivity contribution >= 4 is 5.69 Å². The Kier molecular flexibility index (Phi) is 5.89. The van der Waals surface area contributed by atoms with Gasteiger partial charge >= 0.3 is 0 Å². The summed E-state index contributed by atoms with van der Waals surface area (Å²) in [5.74, 6) is 2.09. The van der Waals surface area contributed by atoms with E-state index in [2.05, 4.69) is 34.3 Å². The Morgan fingerprint density at radius 1 is 1.14 bits per heavy atom. The molecule has 1 aromatic carbocycles. The monoisotopic (exact) mass is 399 g/mol. The smallest absolute Gasteiger partial charge is 0.209 e. The predicted molar refractivity (Wildman–Crippen MR) is 107 cm³/mol. The summed E-state index contributed by atoms with van der Waals surface area (Å²) in [4.78, 5) is 3.58. The number of quaternary nitrogens is 1. The Morgan fingerprint density at radius 3 is 2.62 bits per heavy atom. The fourth-order valence-corrected chi connectivity index (χ4v) is 4.14. The van der Waals surface area contributed by atoms with Crippen LogP contribution in [0.25, 0.3) is 0 Å². The van der Waals surface area contributed by atoms with E-state index in [0.29, 0.717) is 18.2 Å². The molecule has 2 aromatic heterocycles. The Labute approximate surface area is 170 Å². The first-order valence-corrected chi connectivity index (χ1v) is 10.2. The molecule has 0 aliphatic carbocycles. The molecular formula is C21H28FN6O+. The summed E-state index contributed by atoms with van der Waals surface area (Å²) in [6.07, 6.45) is 2.66. The van der Waals surface area contributed by atoms with Gasteiger partial charge in [-0.05, 0) is 40.6 Å². The molecule has 0 radical (unpaired) electrons. The third-order valence-electron chi connectivity index (χ3n) is 5.56. The molecule has 1 N–H and O–H groups in total. The summed E-state index contributed by atoms with van der Waals surface area (Å²) in [7, 11) is 0. The molecule has 1 atom stereocenters. The number of para-hydroxylation sites is 1. The maximum atomic E-state index is 14.2. The predicted octanol–water partition coefficient (Wildman–Crippen LogP) is 1.95. The summed E-state index contributed by atoms with van der Waals surface area (Å²) in [5, 5.41) is 12.5. The molecule has 3 heterocycles. The van der Waals surface area contributed by atoms with Crippen molar-refractivity contribution in [3.63, 3.8) is 0 Å². The van der Waals surface area contributed by atoms with Crippen LogP contribution in [0.5, 0.6) is 0 Å². The molecule has 3 aromatic rings. The van der Waals surface area contributed by atoms with Crippen molar-refractivity contribution < 1.29 is 13.7 Å². The maximum absolute atomic E-state index is 14.2. The minimum Gasteiger partial charge on any atom is -0.467 e. The highest BCUT2D eigenvalue weighted by Crippen LogP contribution is 2.21. The number of tetrazole rings is 1. The Bertz CT molecular complexity index is 902. The first-order valence-electron chi connectivity index (χ1n) is 10.2. The van der Waals surface area contributed by atoms with Gasteiger partial charge in [0, 0.05) is 6.42 Å². The fourth-order valence-electron chi connectivity index (χ4n) is 4.14. The average Bonchev–Trinajstić information content (AvgIpc) is 3.39. The van der Waals surface area contributed by atoms with Crippen molar-refractivity contribution in [1.82, 2.24) is 20.2 Å². The van der Waals surface area contributed by atoms with E-state index in [0.717, 1.165) is 44.2 Å². The van der Waals surface area contributed by atoms with E-state index in [9.17, 15) is 4.39 Å². The maximum Gasteiger partial charge on any atom is 0.209 e. The van der Waals surface area contributed by atoms with E-state index in [1.807, 2.05) is 28.9 Å². The number of furan rings is 1. The van der Waals surface area contributed by atoms with E-state index in [1.165, 1.54) is 11.0 Å². The molecule has 154 valence electrons. The second-order valence-electron chi connectivity index (χ2n) is 8.05. The van der Waals surface area contributed by atoms with Crippen LogP contribution >= 0.6 is 0 Å². The highest BCUT2D eigenvalue weighted by Gasteiger charge is 2.33. The zero-order valence-electron chi connectivity index (χ0n) is 17.0. The normalized spacial score (nSPS) is 16.5. The lowest BCUT2D eigenvalue weighted by molar-refractivity contribution is -0.934. The highest BCUT2D eigenvalue weighted by atomic mass is 19.1. The van der Waals surface area contributed by atoms with Gasteiger partial charge in [-0.2, -0.15) is 0 Å². The largest absolute Gasteiger partial charge is 0.467 e. The standard InChI is InChI=1S/C21H27FN6O/c1-16(2)14-20(21-23-24-25-28(21)15-17-6-5-13-29-17)27-11-9-26(10-12-27)19-8-4-3-7-18(19)22/h3-8,13,16,20H,9-12,14-15H2,1-2H3/p+1/t20-/m1/s1. The number of halogens is 1. The van der Waals surface area contributed by atoms with Crippen molar-refractivity contribution in [2.75, 3.05) is 31.1 Å². The van der Waals surface area contributed by atoms with Gasteiger partial charge in [-0.25, -0.2) is 9.07 Å². The van der Waals surface area contributed by atoms with Crippen molar-refractivity contribution in [3.05, 3.63) is 60.1 Å². The Balaban J connectivity index is 1.50. The van der Waals surface area contributed by atoms with Crippen LogP contribution in [-0.4, -0.2) is 46.4 Å². The molecule has 7 nitrogen and oxygen atoms in total. The number of benzene rings is 1. The molecule has 0 amide bonds. The van der Waals surface area contributed by atoms with Crippen LogP contribution in [0.4, 0.5) is 10.1 Å². The summed E-state index contributed by atoms with van der Waals surface area (Å²) in [6, 6.07) is 11.0. The number of rotatable bonds is 7. The molecule has 8 heteroatoms. The molecule has 0 spiro atoms. The van der Waals surface area contributed by atoms with E-state index in [1.54, 1.807) is 12.3 Å². The molecule has 4 rings (SSSR count). The minimum absolute atomic E-state index is 0.155. The van der Waals surface area contributed by atoms with E-state index < -0.39 is 0 Å².